The molecule has 3 heteroatoms. The Labute approximate surface area is 242 Å². The highest BCUT2D eigenvalue weighted by Crippen LogP contribution is 2.19. The predicted octanol–water partition coefficient (Wildman–Crippen LogP) is 11.7. The summed E-state index contributed by atoms with van der Waals surface area (Å²) in [5, 5.41) is 0. The van der Waals surface area contributed by atoms with Gasteiger partial charge in [-0.1, -0.05) is 167 Å². The van der Waals surface area contributed by atoms with Gasteiger partial charge < -0.3 is 4.74 Å². The van der Waals surface area contributed by atoms with Crippen molar-refractivity contribution in [2.45, 2.75) is 162 Å². The van der Waals surface area contributed by atoms with Crippen LogP contribution in [0, 0.1) is 0 Å². The van der Waals surface area contributed by atoms with Gasteiger partial charge >= 0.3 is 0 Å². The van der Waals surface area contributed by atoms with Crippen LogP contribution in [0.5, 0.6) is 5.75 Å². The molecule has 1 heterocycles. The molecule has 2 rings (SSSR count). The number of benzene rings is 1. The Bertz CT molecular complexity index is 787. The van der Waals surface area contributed by atoms with E-state index in [-0.39, 0.29) is 0 Å². The van der Waals surface area contributed by atoms with E-state index in [1.54, 1.807) is 0 Å². The van der Waals surface area contributed by atoms with Crippen molar-refractivity contribution in [3.8, 4) is 17.1 Å². The molecule has 0 spiro atoms. The molecule has 0 unspecified atom stereocenters. The monoisotopic (exact) mass is 536 g/mol. The number of hydrogen-bond donors (Lipinski definition) is 0. The van der Waals surface area contributed by atoms with Crippen LogP contribution in [-0.4, -0.2) is 16.6 Å². The van der Waals surface area contributed by atoms with Crippen LogP contribution in [0.15, 0.2) is 36.7 Å². The van der Waals surface area contributed by atoms with Crippen molar-refractivity contribution in [2.24, 2.45) is 0 Å². The summed E-state index contributed by atoms with van der Waals surface area (Å²) in [4.78, 5) is 9.10. The highest BCUT2D eigenvalue weighted by Gasteiger charge is 2.03. The van der Waals surface area contributed by atoms with Crippen LogP contribution in [0.1, 0.15) is 161 Å². The number of aromatic nitrogens is 2. The van der Waals surface area contributed by atoms with Crippen molar-refractivity contribution in [3.63, 3.8) is 0 Å². The third-order valence-corrected chi connectivity index (χ3v) is 7.93. The van der Waals surface area contributed by atoms with Crippen LogP contribution in [0.2, 0.25) is 0 Å². The highest BCUT2D eigenvalue weighted by atomic mass is 16.5. The fraction of sp³-hybridized carbons (Fsp3) is 0.722. The number of hydrogen-bond acceptors (Lipinski definition) is 3. The van der Waals surface area contributed by atoms with Crippen molar-refractivity contribution >= 4 is 0 Å². The van der Waals surface area contributed by atoms with Crippen molar-refractivity contribution in [3.05, 3.63) is 42.2 Å². The van der Waals surface area contributed by atoms with Crippen molar-refractivity contribution in [2.75, 3.05) is 6.61 Å². The molecule has 0 atom stereocenters. The van der Waals surface area contributed by atoms with E-state index in [0.717, 1.165) is 30.2 Å². The molecule has 0 radical (unpaired) electrons. The van der Waals surface area contributed by atoms with Gasteiger partial charge in [0.25, 0.3) is 0 Å². The summed E-state index contributed by atoms with van der Waals surface area (Å²) >= 11 is 0. The second kappa shape index (κ2) is 23.9. The molecular formula is C36H60N2O. The number of nitrogens with zero attached hydrogens (tertiary/aromatic N) is 2. The van der Waals surface area contributed by atoms with E-state index in [9.17, 15) is 0 Å². The minimum absolute atomic E-state index is 0.757. The Hall–Kier alpha value is -1.90. The van der Waals surface area contributed by atoms with Gasteiger partial charge in [-0.3, -0.25) is 0 Å². The first-order valence-electron chi connectivity index (χ1n) is 16.9. The molecule has 0 bridgehead atoms. The predicted molar refractivity (Wildman–Crippen MR) is 170 cm³/mol. The van der Waals surface area contributed by atoms with Gasteiger partial charge in [-0.25, -0.2) is 9.97 Å². The Morgan fingerprint density at radius 3 is 1.36 bits per heavy atom. The lowest BCUT2D eigenvalue weighted by Gasteiger charge is -2.07. The van der Waals surface area contributed by atoms with Gasteiger partial charge in [-0.2, -0.15) is 0 Å². The van der Waals surface area contributed by atoms with Crippen molar-refractivity contribution in [1.82, 2.24) is 9.97 Å². The van der Waals surface area contributed by atoms with Crippen LogP contribution >= 0.6 is 0 Å². The molecule has 1 aromatic heterocycles. The molecule has 3 nitrogen and oxygen atoms in total. The lowest BCUT2D eigenvalue weighted by Crippen LogP contribution is -1.99. The second-order valence-corrected chi connectivity index (χ2v) is 11.6. The van der Waals surface area contributed by atoms with Crippen LogP contribution in [-0.2, 0) is 6.42 Å². The molecular weight excluding hydrogens is 476 g/mol. The zero-order chi connectivity index (χ0) is 27.6. The average Bonchev–Trinajstić information content (AvgIpc) is 2.97. The quantitative estimate of drug-likeness (QED) is 0.112. The van der Waals surface area contributed by atoms with Crippen molar-refractivity contribution < 1.29 is 4.74 Å². The Balaban J connectivity index is 1.49. The maximum Gasteiger partial charge on any atom is 0.159 e. The molecule has 1 aromatic carbocycles. The number of aryl methyl sites for hydroxylation is 1. The minimum Gasteiger partial charge on any atom is -0.490 e. The maximum atomic E-state index is 5.88. The normalized spacial score (nSPS) is 11.2. The number of rotatable bonds is 26. The number of ether oxygens (including phenoxy) is 1. The summed E-state index contributed by atoms with van der Waals surface area (Å²) in [5.41, 5.74) is 2.50. The maximum absolute atomic E-state index is 5.88. The molecule has 0 N–H and O–H groups in total. The Morgan fingerprint density at radius 2 is 0.897 bits per heavy atom. The van der Waals surface area contributed by atoms with Crippen LogP contribution in [0.3, 0.4) is 0 Å². The van der Waals surface area contributed by atoms with Crippen LogP contribution in [0.25, 0.3) is 11.4 Å². The highest BCUT2D eigenvalue weighted by molar-refractivity contribution is 5.55. The summed E-state index contributed by atoms with van der Waals surface area (Å²) in [5.74, 6) is 1.55. The van der Waals surface area contributed by atoms with Gasteiger partial charge in [0.15, 0.2) is 11.6 Å². The zero-order valence-corrected chi connectivity index (χ0v) is 25.7. The summed E-state index contributed by atoms with van der Waals surface area (Å²) in [6, 6.07) is 8.81. The third-order valence-electron chi connectivity index (χ3n) is 7.93. The molecule has 0 saturated heterocycles. The lowest BCUT2D eigenvalue weighted by atomic mass is 10.0. The SMILES string of the molecule is CCCCCCCCCCCCCOc1cnc(-c2ccc(CCCCCCCCCCCCC)cc2)nc1. The number of unbranched alkanes of at least 4 members (excludes halogenated alkanes) is 20. The van der Waals surface area contributed by atoms with Gasteiger partial charge in [-0.15, -0.1) is 0 Å². The Morgan fingerprint density at radius 1 is 0.487 bits per heavy atom. The fourth-order valence-corrected chi connectivity index (χ4v) is 5.31. The second-order valence-electron chi connectivity index (χ2n) is 11.6. The summed E-state index contributed by atoms with van der Waals surface area (Å²) < 4.78 is 5.88. The fourth-order valence-electron chi connectivity index (χ4n) is 5.31. The first-order valence-corrected chi connectivity index (χ1v) is 16.9. The molecule has 2 aromatic rings. The van der Waals surface area contributed by atoms with E-state index in [2.05, 4.69) is 48.1 Å². The largest absolute Gasteiger partial charge is 0.490 e. The van der Waals surface area contributed by atoms with E-state index >= 15 is 0 Å². The molecule has 0 fully saturated rings. The first kappa shape index (κ1) is 33.3. The molecule has 0 aliphatic heterocycles. The van der Waals surface area contributed by atoms with Gasteiger partial charge in [0.05, 0.1) is 19.0 Å². The van der Waals surface area contributed by atoms with Gasteiger partial charge in [0.1, 0.15) is 0 Å². The molecule has 0 aliphatic rings. The topological polar surface area (TPSA) is 35.0 Å². The summed E-state index contributed by atoms with van der Waals surface area (Å²) in [6.45, 7) is 5.33. The van der Waals surface area contributed by atoms with Gasteiger partial charge in [-0.05, 0) is 24.8 Å². The van der Waals surface area contributed by atoms with Crippen LogP contribution < -0.4 is 4.74 Å². The molecule has 0 amide bonds. The lowest BCUT2D eigenvalue weighted by molar-refractivity contribution is 0.302. The van der Waals surface area contributed by atoms with E-state index in [1.807, 2.05) is 12.4 Å². The third kappa shape index (κ3) is 17.4. The summed E-state index contributed by atoms with van der Waals surface area (Å²) in [7, 11) is 0. The van der Waals surface area contributed by atoms with Gasteiger partial charge in [0.2, 0.25) is 0 Å². The van der Waals surface area contributed by atoms with E-state index in [0.29, 0.717) is 0 Å². The molecule has 0 saturated carbocycles. The van der Waals surface area contributed by atoms with E-state index in [4.69, 9.17) is 4.74 Å². The van der Waals surface area contributed by atoms with Crippen molar-refractivity contribution in [1.29, 1.82) is 0 Å². The Kier molecular flexibility index (Phi) is 20.4. The smallest absolute Gasteiger partial charge is 0.159 e. The molecule has 220 valence electrons. The average molecular weight is 537 g/mol. The zero-order valence-electron chi connectivity index (χ0n) is 25.7. The molecule has 39 heavy (non-hydrogen) atoms. The standard InChI is InChI=1S/C36H60N2O/c1-3-5-7-9-11-13-15-17-19-21-23-25-33-26-28-34(29-27-33)36-37-31-35(32-38-36)39-30-24-22-20-18-16-14-12-10-8-6-4-2/h26-29,31-32H,3-25,30H2,1-2H3. The minimum atomic E-state index is 0.757. The van der Waals surface area contributed by atoms with E-state index < -0.39 is 0 Å². The molecule has 0 aliphatic carbocycles. The summed E-state index contributed by atoms with van der Waals surface area (Å²) in [6.07, 6.45) is 35.0. The van der Waals surface area contributed by atoms with Crippen LogP contribution in [0.4, 0.5) is 0 Å². The van der Waals surface area contributed by atoms with Gasteiger partial charge in [0, 0.05) is 5.56 Å². The first-order chi connectivity index (χ1) is 19.3. The van der Waals surface area contributed by atoms with E-state index in [1.165, 1.54) is 147 Å².